The zero-order chi connectivity index (χ0) is 30.9. The van der Waals surface area contributed by atoms with Gasteiger partial charge in [0.2, 0.25) is 5.43 Å². The molecule has 3 aromatic carbocycles. The fourth-order valence-corrected chi connectivity index (χ4v) is 8.81. The number of para-hydroxylation sites is 2. The highest BCUT2D eigenvalue weighted by molar-refractivity contribution is 6.08. The number of ether oxygens (including phenoxy) is 4. The van der Waals surface area contributed by atoms with Crippen LogP contribution in [0, 0.1) is 5.92 Å². The fourth-order valence-electron chi connectivity index (χ4n) is 8.81. The van der Waals surface area contributed by atoms with Gasteiger partial charge in [-0.05, 0) is 49.6 Å². The van der Waals surface area contributed by atoms with Gasteiger partial charge in [0.1, 0.15) is 17.3 Å². The molecule has 10 nitrogen and oxygen atoms in total. The van der Waals surface area contributed by atoms with Gasteiger partial charge in [-0.1, -0.05) is 54.6 Å². The third kappa shape index (κ3) is 3.19. The van der Waals surface area contributed by atoms with E-state index in [1.165, 1.54) is 7.11 Å². The van der Waals surface area contributed by atoms with Crippen molar-refractivity contribution < 1.29 is 33.0 Å². The maximum Gasteiger partial charge on any atom is 0.345 e. The highest BCUT2D eigenvalue weighted by atomic mass is 16.8. The number of nitrogens with zero attached hydrogens (tertiary/aromatic N) is 1. The minimum atomic E-state index is -1.74. The molecule has 4 aromatic rings. The van der Waals surface area contributed by atoms with Crippen LogP contribution in [0.2, 0.25) is 0 Å². The van der Waals surface area contributed by atoms with Crippen LogP contribution >= 0.6 is 0 Å². The van der Waals surface area contributed by atoms with E-state index in [-0.39, 0.29) is 34.2 Å². The second-order valence-corrected chi connectivity index (χ2v) is 12.8. The zero-order valence-corrected chi connectivity index (χ0v) is 24.9. The summed E-state index contributed by atoms with van der Waals surface area (Å²) in [6.45, 7) is 4.06. The molecule has 6 atom stereocenters. The van der Waals surface area contributed by atoms with E-state index in [0.717, 1.165) is 11.1 Å². The summed E-state index contributed by atoms with van der Waals surface area (Å²) in [6.07, 6.45) is -0.995. The molecule has 0 saturated carbocycles. The number of amides is 1. The Morgan fingerprint density at radius 2 is 1.67 bits per heavy atom. The molecule has 1 unspecified atom stereocenters. The average Bonchev–Trinajstić information content (AvgIpc) is 3.69. The molecule has 10 heteroatoms. The van der Waals surface area contributed by atoms with Gasteiger partial charge in [-0.3, -0.25) is 14.5 Å². The molecule has 3 saturated heterocycles. The largest absolute Gasteiger partial charge is 0.465 e. The molecule has 3 fully saturated rings. The summed E-state index contributed by atoms with van der Waals surface area (Å²) in [6, 6.07) is 22.0. The lowest BCUT2D eigenvalue weighted by Gasteiger charge is -2.46. The van der Waals surface area contributed by atoms with Crippen molar-refractivity contribution in [2.45, 2.75) is 62.2 Å². The first kappa shape index (κ1) is 27.0. The van der Waals surface area contributed by atoms with E-state index in [9.17, 15) is 14.4 Å². The summed E-state index contributed by atoms with van der Waals surface area (Å²) in [5.74, 6) is -2.87. The first-order valence-electron chi connectivity index (χ1n) is 15.1. The molecule has 6 heterocycles. The number of rotatable bonds is 2. The maximum absolute atomic E-state index is 14.9. The molecule has 9 rings (SSSR count). The maximum atomic E-state index is 14.9. The van der Waals surface area contributed by atoms with Crippen LogP contribution in [0.25, 0.3) is 11.0 Å². The smallest absolute Gasteiger partial charge is 0.345 e. The van der Waals surface area contributed by atoms with Crippen LogP contribution in [-0.2, 0) is 47.8 Å². The third-order valence-corrected chi connectivity index (χ3v) is 10.3. The Kier molecular flexibility index (Phi) is 5.33. The van der Waals surface area contributed by atoms with Gasteiger partial charge in [-0.2, -0.15) is 0 Å². The van der Waals surface area contributed by atoms with E-state index in [1.807, 2.05) is 50.2 Å². The van der Waals surface area contributed by atoms with Crippen LogP contribution in [-0.4, -0.2) is 48.1 Å². The molecule has 1 aromatic heterocycles. The van der Waals surface area contributed by atoms with E-state index >= 15 is 0 Å². The van der Waals surface area contributed by atoms with Crippen LogP contribution in [0.3, 0.4) is 0 Å². The highest BCUT2D eigenvalue weighted by Gasteiger charge is 2.84. The number of hydrogen-bond acceptors (Lipinski definition) is 9. The number of fused-ring (bicyclic) bond motifs is 11. The van der Waals surface area contributed by atoms with Gasteiger partial charge in [0, 0.05) is 29.8 Å². The number of methoxy groups -OCH3 is 1. The summed E-state index contributed by atoms with van der Waals surface area (Å²) in [5, 5.41) is 3.33. The predicted octanol–water partition coefficient (Wildman–Crippen LogP) is 4.19. The molecule has 1 amide bonds. The summed E-state index contributed by atoms with van der Waals surface area (Å²) >= 11 is 0. The molecular weight excluding hydrogens is 576 g/mol. The number of esters is 1. The Morgan fingerprint density at radius 1 is 0.933 bits per heavy atom. The van der Waals surface area contributed by atoms with Crippen molar-refractivity contribution in [2.24, 2.45) is 5.92 Å². The molecule has 45 heavy (non-hydrogen) atoms. The van der Waals surface area contributed by atoms with Crippen molar-refractivity contribution in [1.29, 1.82) is 0 Å². The SMILES string of the molecule is COC(=O)c1c([C@@]23O[C@H]4OC(C)(C)O[C@H]4[C@@H]2C2Cc4ccccc4CN2[C@]32C(=O)Nc3ccccc32)oc2ccccc2c1=O. The fraction of sp³-hybridized carbons (Fsp3) is 0.343. The quantitative estimate of drug-likeness (QED) is 0.336. The Bertz CT molecular complexity index is 2020. The standard InChI is InChI=1S/C35H30N2O8/c1-33(2)43-28-26-23-16-18-10-4-5-11-19(18)17-37(23)34(21-13-7-8-14-22(21)36-32(34)40)35(26,45-31(28)44-33)29-25(30(39)41-3)27(38)20-12-6-9-15-24(20)42-29/h4-15,23,26,28,31H,16-17H2,1-3H3,(H,36,40)/t23?,26-,28-,31+,34+,35-/m0/s1. The number of carbonyl (C=O) groups is 2. The molecular formula is C35H30N2O8. The number of nitrogens with one attached hydrogen (secondary N) is 1. The second-order valence-electron chi connectivity index (χ2n) is 12.8. The molecule has 0 bridgehead atoms. The normalized spacial score (nSPS) is 32.1. The van der Waals surface area contributed by atoms with Gasteiger partial charge in [0.05, 0.1) is 12.5 Å². The van der Waals surface area contributed by atoms with Crippen molar-refractivity contribution in [3.63, 3.8) is 0 Å². The van der Waals surface area contributed by atoms with E-state index in [0.29, 0.717) is 24.2 Å². The van der Waals surface area contributed by atoms with Gasteiger partial charge in [-0.15, -0.1) is 0 Å². The number of carbonyl (C=O) groups excluding carboxylic acids is 2. The lowest BCUT2D eigenvalue weighted by molar-refractivity contribution is -0.251. The predicted molar refractivity (Wildman–Crippen MR) is 160 cm³/mol. The first-order valence-corrected chi connectivity index (χ1v) is 15.1. The monoisotopic (exact) mass is 606 g/mol. The lowest BCUT2D eigenvalue weighted by Crippen LogP contribution is -2.61. The first-order chi connectivity index (χ1) is 21.7. The van der Waals surface area contributed by atoms with Crippen LogP contribution in [0.1, 0.15) is 46.7 Å². The van der Waals surface area contributed by atoms with Crippen molar-refractivity contribution in [3.05, 3.63) is 111 Å². The Morgan fingerprint density at radius 3 is 2.49 bits per heavy atom. The molecule has 1 spiro atoms. The zero-order valence-electron chi connectivity index (χ0n) is 24.9. The molecule has 5 aliphatic heterocycles. The molecule has 228 valence electrons. The van der Waals surface area contributed by atoms with Crippen molar-refractivity contribution in [3.8, 4) is 0 Å². The highest BCUT2D eigenvalue weighted by Crippen LogP contribution is 2.70. The number of benzene rings is 3. The van der Waals surface area contributed by atoms with Crippen molar-refractivity contribution in [1.82, 2.24) is 4.90 Å². The summed E-state index contributed by atoms with van der Waals surface area (Å²) in [5.41, 5.74) is -0.433. The Labute approximate surface area is 257 Å². The van der Waals surface area contributed by atoms with Gasteiger partial charge in [-0.25, -0.2) is 4.79 Å². The molecule has 1 N–H and O–H groups in total. The molecule has 0 aliphatic carbocycles. The summed E-state index contributed by atoms with van der Waals surface area (Å²) < 4.78 is 32.0. The minimum absolute atomic E-state index is 0.0623. The number of anilines is 1. The third-order valence-electron chi connectivity index (χ3n) is 10.3. The van der Waals surface area contributed by atoms with Gasteiger partial charge < -0.3 is 28.7 Å². The Balaban J connectivity index is 1.44. The van der Waals surface area contributed by atoms with Crippen LogP contribution in [0.4, 0.5) is 5.69 Å². The van der Waals surface area contributed by atoms with Crippen LogP contribution in [0.5, 0.6) is 0 Å². The van der Waals surface area contributed by atoms with Crippen molar-refractivity contribution in [2.75, 3.05) is 12.4 Å². The summed E-state index contributed by atoms with van der Waals surface area (Å²) in [4.78, 5) is 45.1. The van der Waals surface area contributed by atoms with Gasteiger partial charge in [0.25, 0.3) is 5.91 Å². The minimum Gasteiger partial charge on any atom is -0.465 e. The van der Waals surface area contributed by atoms with Crippen LogP contribution < -0.4 is 10.7 Å². The van der Waals surface area contributed by atoms with E-state index in [2.05, 4.69) is 22.3 Å². The second kappa shape index (κ2) is 8.88. The van der Waals surface area contributed by atoms with E-state index in [4.69, 9.17) is 23.4 Å². The van der Waals surface area contributed by atoms with Crippen LogP contribution in [0.15, 0.2) is 82.0 Å². The van der Waals surface area contributed by atoms with Gasteiger partial charge in [0.15, 0.2) is 29.0 Å². The van der Waals surface area contributed by atoms with E-state index < -0.39 is 46.6 Å². The van der Waals surface area contributed by atoms with Gasteiger partial charge >= 0.3 is 5.97 Å². The Hall–Kier alpha value is -4.35. The topological polar surface area (TPSA) is 117 Å². The van der Waals surface area contributed by atoms with Crippen molar-refractivity contribution >= 4 is 28.5 Å². The average molecular weight is 607 g/mol. The van der Waals surface area contributed by atoms with E-state index in [1.54, 1.807) is 24.3 Å². The summed E-state index contributed by atoms with van der Waals surface area (Å²) in [7, 11) is 1.22. The number of hydrogen-bond donors (Lipinski definition) is 1. The lowest BCUT2D eigenvalue weighted by atomic mass is 9.68. The molecule has 0 radical (unpaired) electrons. The molecule has 5 aliphatic rings.